The minimum absolute atomic E-state index is 0.0648. The van der Waals surface area contributed by atoms with Crippen LogP contribution in [0.5, 0.6) is 0 Å². The number of halogens is 3. The first-order chi connectivity index (χ1) is 7.00. The van der Waals surface area contributed by atoms with Gasteiger partial charge in [-0.1, -0.05) is 12.1 Å². The fourth-order valence-electron chi connectivity index (χ4n) is 1.45. The number of amidine groups is 1. The molecule has 1 aromatic carbocycles. The van der Waals surface area contributed by atoms with Crippen molar-refractivity contribution < 1.29 is 13.2 Å². The van der Waals surface area contributed by atoms with E-state index < -0.39 is 18.8 Å². The first-order valence-electron chi connectivity index (χ1n) is 4.26. The van der Waals surface area contributed by atoms with Crippen LogP contribution in [-0.2, 0) is 0 Å². The van der Waals surface area contributed by atoms with Crippen LogP contribution in [0.25, 0.3) is 0 Å². The molecule has 80 valence electrons. The molecule has 0 saturated carbocycles. The molecule has 0 unspecified atom stereocenters. The summed E-state index contributed by atoms with van der Waals surface area (Å²) in [6.07, 6.45) is -4.52. The van der Waals surface area contributed by atoms with E-state index in [1.807, 2.05) is 0 Å². The third-order valence-electron chi connectivity index (χ3n) is 2.19. The molecular formula is C9H8F3N3. The Morgan fingerprint density at radius 1 is 1.27 bits per heavy atom. The van der Waals surface area contributed by atoms with E-state index in [-0.39, 0.29) is 10.5 Å². The van der Waals surface area contributed by atoms with Gasteiger partial charge in [0, 0.05) is 11.3 Å². The summed E-state index contributed by atoms with van der Waals surface area (Å²) in [7, 11) is 0. The minimum atomic E-state index is -4.52. The molecule has 0 bridgehead atoms. The highest BCUT2D eigenvalue weighted by atomic mass is 19.4. The van der Waals surface area contributed by atoms with Crippen LogP contribution in [0, 0.1) is 5.41 Å². The standard InChI is InChI=1S/C9H8F3N3/c10-9(11,12)15-5-14-7-4-2-1-3-6(7)8(15)13/h1-4,13-14H,5H2. The van der Waals surface area contributed by atoms with Gasteiger partial charge in [-0.25, -0.2) is 4.90 Å². The molecule has 0 atom stereocenters. The molecule has 3 nitrogen and oxygen atoms in total. The smallest absolute Gasteiger partial charge is 0.367 e. The summed E-state index contributed by atoms with van der Waals surface area (Å²) in [6.45, 7) is -0.417. The van der Waals surface area contributed by atoms with E-state index in [1.165, 1.54) is 6.07 Å². The molecular weight excluding hydrogens is 207 g/mol. The van der Waals surface area contributed by atoms with Crippen LogP contribution in [-0.4, -0.2) is 23.7 Å². The van der Waals surface area contributed by atoms with Gasteiger partial charge in [0.15, 0.2) is 0 Å². The Hall–Kier alpha value is -1.72. The molecule has 1 heterocycles. The highest BCUT2D eigenvalue weighted by Crippen LogP contribution is 2.29. The van der Waals surface area contributed by atoms with Crippen molar-refractivity contribution in [1.29, 1.82) is 5.41 Å². The van der Waals surface area contributed by atoms with Crippen molar-refractivity contribution in [3.8, 4) is 0 Å². The minimum Gasteiger partial charge on any atom is -0.367 e. The lowest BCUT2D eigenvalue weighted by Gasteiger charge is -2.32. The van der Waals surface area contributed by atoms with E-state index in [1.54, 1.807) is 18.2 Å². The summed E-state index contributed by atoms with van der Waals surface area (Å²) in [4.78, 5) is 0.0648. The van der Waals surface area contributed by atoms with Crippen molar-refractivity contribution in [2.75, 3.05) is 12.0 Å². The van der Waals surface area contributed by atoms with Gasteiger partial charge in [-0.05, 0) is 12.1 Å². The first-order valence-corrected chi connectivity index (χ1v) is 4.26. The summed E-state index contributed by atoms with van der Waals surface area (Å²) in [6, 6.07) is 6.46. The molecule has 1 aliphatic rings. The summed E-state index contributed by atoms with van der Waals surface area (Å²) < 4.78 is 37.3. The highest BCUT2D eigenvalue weighted by Gasteiger charge is 2.41. The van der Waals surface area contributed by atoms with Crippen LogP contribution in [0.3, 0.4) is 0 Å². The van der Waals surface area contributed by atoms with E-state index in [0.717, 1.165) is 0 Å². The van der Waals surface area contributed by atoms with Crippen LogP contribution >= 0.6 is 0 Å². The van der Waals surface area contributed by atoms with E-state index in [4.69, 9.17) is 5.41 Å². The van der Waals surface area contributed by atoms with Gasteiger partial charge in [-0.3, -0.25) is 5.41 Å². The van der Waals surface area contributed by atoms with Gasteiger partial charge in [0.2, 0.25) is 0 Å². The first kappa shape index (κ1) is 9.82. The average Bonchev–Trinajstić information content (AvgIpc) is 2.16. The molecule has 2 N–H and O–H groups in total. The van der Waals surface area contributed by atoms with Crippen molar-refractivity contribution in [3.05, 3.63) is 29.8 Å². The SMILES string of the molecule is N=C1c2ccccc2NCN1C(F)(F)F. The number of alkyl halides is 3. The number of fused-ring (bicyclic) bond motifs is 1. The quantitative estimate of drug-likeness (QED) is 0.651. The highest BCUT2D eigenvalue weighted by molar-refractivity contribution is 6.03. The molecule has 0 fully saturated rings. The third-order valence-corrected chi connectivity index (χ3v) is 2.19. The van der Waals surface area contributed by atoms with Crippen molar-refractivity contribution in [1.82, 2.24) is 4.90 Å². The number of anilines is 1. The van der Waals surface area contributed by atoms with Crippen LogP contribution in [0.15, 0.2) is 24.3 Å². The van der Waals surface area contributed by atoms with Gasteiger partial charge >= 0.3 is 6.30 Å². The van der Waals surface area contributed by atoms with Crippen LogP contribution in [0.1, 0.15) is 5.56 Å². The lowest BCUT2D eigenvalue weighted by Crippen LogP contribution is -2.48. The number of nitrogens with one attached hydrogen (secondary N) is 2. The van der Waals surface area contributed by atoms with Gasteiger partial charge in [-0.2, -0.15) is 0 Å². The van der Waals surface area contributed by atoms with E-state index in [2.05, 4.69) is 5.32 Å². The molecule has 0 saturated heterocycles. The van der Waals surface area contributed by atoms with E-state index >= 15 is 0 Å². The average molecular weight is 215 g/mol. The summed E-state index contributed by atoms with van der Waals surface area (Å²) in [5.74, 6) is -0.517. The zero-order valence-corrected chi connectivity index (χ0v) is 7.60. The second-order valence-corrected chi connectivity index (χ2v) is 3.12. The maximum atomic E-state index is 12.4. The van der Waals surface area contributed by atoms with Crippen molar-refractivity contribution in [3.63, 3.8) is 0 Å². The van der Waals surface area contributed by atoms with E-state index in [9.17, 15) is 13.2 Å². The van der Waals surface area contributed by atoms with Crippen LogP contribution < -0.4 is 5.32 Å². The Labute approximate surface area is 84.0 Å². The lowest BCUT2D eigenvalue weighted by molar-refractivity contribution is -0.216. The molecule has 1 aliphatic heterocycles. The van der Waals surface area contributed by atoms with Crippen molar-refractivity contribution in [2.24, 2.45) is 0 Å². The molecule has 0 aliphatic carbocycles. The number of benzene rings is 1. The van der Waals surface area contributed by atoms with Gasteiger partial charge in [0.1, 0.15) is 5.84 Å². The predicted molar refractivity (Wildman–Crippen MR) is 49.7 cm³/mol. The maximum Gasteiger partial charge on any atom is 0.487 e. The fraction of sp³-hybridized carbons (Fsp3) is 0.222. The van der Waals surface area contributed by atoms with Crippen molar-refractivity contribution >= 4 is 11.5 Å². The van der Waals surface area contributed by atoms with Gasteiger partial charge < -0.3 is 5.32 Å². The Morgan fingerprint density at radius 2 is 1.93 bits per heavy atom. The number of nitrogens with zero attached hydrogens (tertiary/aromatic N) is 1. The topological polar surface area (TPSA) is 39.1 Å². The number of hydrogen-bond acceptors (Lipinski definition) is 2. The van der Waals surface area contributed by atoms with Crippen LogP contribution in [0.2, 0.25) is 0 Å². The van der Waals surface area contributed by atoms with Gasteiger partial charge in [0.25, 0.3) is 0 Å². The monoisotopic (exact) mass is 215 g/mol. The van der Waals surface area contributed by atoms with Gasteiger partial charge in [-0.15, -0.1) is 13.2 Å². The largest absolute Gasteiger partial charge is 0.487 e. The Morgan fingerprint density at radius 3 is 2.60 bits per heavy atom. The number of hydrogen-bond donors (Lipinski definition) is 2. The third kappa shape index (κ3) is 1.62. The summed E-state index contributed by atoms with van der Waals surface area (Å²) >= 11 is 0. The zero-order chi connectivity index (χ0) is 11.1. The van der Waals surface area contributed by atoms with E-state index in [0.29, 0.717) is 5.69 Å². The molecule has 0 spiro atoms. The Balaban J connectivity index is 2.38. The second kappa shape index (κ2) is 3.15. The molecule has 0 radical (unpaired) electrons. The molecule has 15 heavy (non-hydrogen) atoms. The zero-order valence-electron chi connectivity index (χ0n) is 7.60. The lowest BCUT2D eigenvalue weighted by atomic mass is 10.1. The molecule has 6 heteroatoms. The molecule has 2 rings (SSSR count). The number of rotatable bonds is 0. The molecule has 1 aromatic rings. The normalized spacial score (nSPS) is 15.9. The van der Waals surface area contributed by atoms with Crippen molar-refractivity contribution in [2.45, 2.75) is 6.30 Å². The fourth-order valence-corrected chi connectivity index (χ4v) is 1.45. The predicted octanol–water partition coefficient (Wildman–Crippen LogP) is 2.22. The second-order valence-electron chi connectivity index (χ2n) is 3.12. The summed E-state index contributed by atoms with van der Waals surface area (Å²) in [5, 5.41) is 10.1. The Bertz CT molecular complexity index is 400. The maximum absolute atomic E-state index is 12.4. The molecule has 0 amide bonds. The van der Waals surface area contributed by atoms with Gasteiger partial charge in [0.05, 0.1) is 6.67 Å². The summed E-state index contributed by atoms with van der Waals surface area (Å²) in [5.41, 5.74) is 0.823. The Kier molecular flexibility index (Phi) is 2.06. The molecule has 0 aromatic heterocycles. The number of para-hydroxylation sites is 1. The van der Waals surface area contributed by atoms with Crippen LogP contribution in [0.4, 0.5) is 18.9 Å².